The molecule has 134 valence electrons. The van der Waals surface area contributed by atoms with Gasteiger partial charge >= 0.3 is 0 Å². The van der Waals surface area contributed by atoms with Gasteiger partial charge in [-0.3, -0.25) is 9.80 Å². The second-order valence-corrected chi connectivity index (χ2v) is 7.10. The maximum atomic E-state index is 13.0. The van der Waals surface area contributed by atoms with E-state index in [1.54, 1.807) is 12.1 Å². The summed E-state index contributed by atoms with van der Waals surface area (Å²) < 4.78 is 18.3. The zero-order chi connectivity index (χ0) is 17.2. The van der Waals surface area contributed by atoms with E-state index >= 15 is 0 Å². The van der Waals surface area contributed by atoms with Gasteiger partial charge in [-0.25, -0.2) is 4.39 Å². The standard InChI is InChI=1S/C19H25FN4O/c1-15-12-19(25-21-15)6-7-22-13-18(14-22)24-10-8-23(9-11-24)17-4-2-16(20)3-5-17/h2-5,12,18H,6-11,13-14H2,1H3. The van der Waals surface area contributed by atoms with Crippen molar-refractivity contribution in [1.29, 1.82) is 0 Å². The molecule has 1 aromatic heterocycles. The van der Waals surface area contributed by atoms with E-state index in [-0.39, 0.29) is 5.82 Å². The minimum Gasteiger partial charge on any atom is -0.369 e. The summed E-state index contributed by atoms with van der Waals surface area (Å²) in [6.45, 7) is 9.47. The fraction of sp³-hybridized carbons (Fsp3) is 0.526. The maximum Gasteiger partial charge on any atom is 0.138 e. The lowest BCUT2D eigenvalue weighted by Gasteiger charge is -2.48. The number of aromatic nitrogens is 1. The fourth-order valence-corrected chi connectivity index (χ4v) is 3.76. The van der Waals surface area contributed by atoms with E-state index in [0.717, 1.165) is 69.4 Å². The van der Waals surface area contributed by atoms with Crippen LogP contribution >= 0.6 is 0 Å². The van der Waals surface area contributed by atoms with E-state index in [4.69, 9.17) is 4.52 Å². The van der Waals surface area contributed by atoms with Crippen LogP contribution in [-0.2, 0) is 6.42 Å². The van der Waals surface area contributed by atoms with Crippen molar-refractivity contribution in [2.24, 2.45) is 0 Å². The SMILES string of the molecule is Cc1cc(CCN2CC(N3CCN(c4ccc(F)cc4)CC3)C2)on1. The average Bonchev–Trinajstić information content (AvgIpc) is 3.00. The van der Waals surface area contributed by atoms with E-state index in [0.29, 0.717) is 6.04 Å². The van der Waals surface area contributed by atoms with Crippen LogP contribution in [0, 0.1) is 12.7 Å². The van der Waals surface area contributed by atoms with Gasteiger partial charge in [-0.15, -0.1) is 0 Å². The Bertz CT molecular complexity index is 688. The highest BCUT2D eigenvalue weighted by Crippen LogP contribution is 2.21. The number of aryl methyl sites for hydroxylation is 1. The Balaban J connectivity index is 1.19. The van der Waals surface area contributed by atoms with Crippen molar-refractivity contribution in [1.82, 2.24) is 15.0 Å². The minimum atomic E-state index is -0.169. The highest BCUT2D eigenvalue weighted by Gasteiger charge is 2.33. The molecule has 0 radical (unpaired) electrons. The first kappa shape index (κ1) is 16.5. The minimum absolute atomic E-state index is 0.169. The average molecular weight is 344 g/mol. The van der Waals surface area contributed by atoms with Gasteiger partial charge in [0, 0.05) is 70.0 Å². The fourth-order valence-electron chi connectivity index (χ4n) is 3.76. The molecule has 2 saturated heterocycles. The molecule has 2 fully saturated rings. The zero-order valence-electron chi connectivity index (χ0n) is 14.7. The van der Waals surface area contributed by atoms with Crippen molar-refractivity contribution in [2.45, 2.75) is 19.4 Å². The van der Waals surface area contributed by atoms with Gasteiger partial charge in [0.2, 0.25) is 0 Å². The lowest BCUT2D eigenvalue weighted by Crippen LogP contribution is -2.63. The molecule has 0 spiro atoms. The molecule has 2 aliphatic rings. The van der Waals surface area contributed by atoms with Gasteiger partial charge in [0.25, 0.3) is 0 Å². The van der Waals surface area contributed by atoms with Crippen molar-refractivity contribution in [3.63, 3.8) is 0 Å². The molecule has 0 saturated carbocycles. The topological polar surface area (TPSA) is 35.8 Å². The number of hydrogen-bond donors (Lipinski definition) is 0. The van der Waals surface area contributed by atoms with Crippen molar-refractivity contribution >= 4 is 5.69 Å². The molecule has 2 aromatic rings. The molecule has 2 aliphatic heterocycles. The molecular formula is C19H25FN4O. The van der Waals surface area contributed by atoms with E-state index in [2.05, 4.69) is 19.9 Å². The smallest absolute Gasteiger partial charge is 0.138 e. The summed E-state index contributed by atoms with van der Waals surface area (Å²) in [7, 11) is 0. The van der Waals surface area contributed by atoms with Crippen LogP contribution in [0.2, 0.25) is 0 Å². The lowest BCUT2D eigenvalue weighted by atomic mass is 10.1. The first-order valence-electron chi connectivity index (χ1n) is 9.06. The molecule has 0 unspecified atom stereocenters. The molecule has 0 atom stereocenters. The van der Waals surface area contributed by atoms with Crippen LogP contribution in [0.3, 0.4) is 0 Å². The van der Waals surface area contributed by atoms with Crippen LogP contribution in [0.1, 0.15) is 11.5 Å². The van der Waals surface area contributed by atoms with Crippen LogP contribution in [0.15, 0.2) is 34.9 Å². The first-order chi connectivity index (χ1) is 12.2. The molecule has 0 bridgehead atoms. The van der Waals surface area contributed by atoms with Gasteiger partial charge in [-0.05, 0) is 31.2 Å². The number of anilines is 1. The molecule has 5 nitrogen and oxygen atoms in total. The Kier molecular flexibility index (Phi) is 4.72. The monoisotopic (exact) mass is 344 g/mol. The zero-order valence-corrected chi connectivity index (χ0v) is 14.7. The number of hydrogen-bond acceptors (Lipinski definition) is 5. The highest BCUT2D eigenvalue weighted by atomic mass is 19.1. The Morgan fingerprint density at radius 2 is 1.84 bits per heavy atom. The van der Waals surface area contributed by atoms with Crippen LogP contribution < -0.4 is 4.90 Å². The van der Waals surface area contributed by atoms with Crippen LogP contribution in [-0.4, -0.2) is 66.8 Å². The second-order valence-electron chi connectivity index (χ2n) is 7.10. The molecule has 0 amide bonds. The van der Waals surface area contributed by atoms with Crippen molar-refractivity contribution in [3.8, 4) is 0 Å². The molecule has 4 rings (SSSR count). The summed E-state index contributed by atoms with van der Waals surface area (Å²) in [6, 6.07) is 9.53. The number of benzene rings is 1. The van der Waals surface area contributed by atoms with Crippen molar-refractivity contribution < 1.29 is 8.91 Å². The molecule has 6 heteroatoms. The third kappa shape index (κ3) is 3.85. The molecule has 1 aromatic carbocycles. The van der Waals surface area contributed by atoms with E-state index in [1.165, 1.54) is 0 Å². The number of likely N-dealkylation sites (tertiary alicyclic amines) is 1. The van der Waals surface area contributed by atoms with E-state index in [1.807, 2.05) is 25.1 Å². The molecular weight excluding hydrogens is 319 g/mol. The van der Waals surface area contributed by atoms with Crippen LogP contribution in [0.5, 0.6) is 0 Å². The Hall–Kier alpha value is -1.92. The Morgan fingerprint density at radius 3 is 2.48 bits per heavy atom. The molecule has 3 heterocycles. The summed E-state index contributed by atoms with van der Waals surface area (Å²) in [4.78, 5) is 7.42. The van der Waals surface area contributed by atoms with Crippen molar-refractivity contribution in [2.75, 3.05) is 50.7 Å². The Morgan fingerprint density at radius 1 is 1.12 bits per heavy atom. The van der Waals surface area contributed by atoms with E-state index < -0.39 is 0 Å². The van der Waals surface area contributed by atoms with Gasteiger partial charge in [0.15, 0.2) is 0 Å². The Labute approximate surface area is 148 Å². The molecule has 25 heavy (non-hydrogen) atoms. The van der Waals surface area contributed by atoms with Gasteiger partial charge < -0.3 is 9.42 Å². The highest BCUT2D eigenvalue weighted by molar-refractivity contribution is 5.46. The summed E-state index contributed by atoms with van der Waals surface area (Å²) >= 11 is 0. The number of halogens is 1. The third-order valence-electron chi connectivity index (χ3n) is 5.31. The summed E-state index contributed by atoms with van der Waals surface area (Å²) in [6.07, 6.45) is 0.936. The lowest BCUT2D eigenvalue weighted by molar-refractivity contribution is 0.0307. The van der Waals surface area contributed by atoms with Crippen LogP contribution in [0.25, 0.3) is 0 Å². The van der Waals surface area contributed by atoms with Gasteiger partial charge in [-0.1, -0.05) is 5.16 Å². The summed E-state index contributed by atoms with van der Waals surface area (Å²) in [5.41, 5.74) is 2.08. The van der Waals surface area contributed by atoms with Gasteiger partial charge in [-0.2, -0.15) is 0 Å². The summed E-state index contributed by atoms with van der Waals surface area (Å²) in [5.74, 6) is 0.811. The van der Waals surface area contributed by atoms with Gasteiger partial charge in [0.05, 0.1) is 5.69 Å². The second kappa shape index (κ2) is 7.14. The third-order valence-corrected chi connectivity index (χ3v) is 5.31. The number of nitrogens with zero attached hydrogens (tertiary/aromatic N) is 4. The predicted octanol–water partition coefficient (Wildman–Crippen LogP) is 2.17. The van der Waals surface area contributed by atoms with Crippen molar-refractivity contribution in [3.05, 3.63) is 47.6 Å². The first-order valence-corrected chi connectivity index (χ1v) is 9.06. The normalized spacial score (nSPS) is 20.0. The van der Waals surface area contributed by atoms with Crippen LogP contribution in [0.4, 0.5) is 10.1 Å². The maximum absolute atomic E-state index is 13.0. The quantitative estimate of drug-likeness (QED) is 0.831. The van der Waals surface area contributed by atoms with E-state index in [9.17, 15) is 4.39 Å². The molecule has 0 N–H and O–H groups in total. The largest absolute Gasteiger partial charge is 0.369 e. The molecule has 0 aliphatic carbocycles. The number of rotatable bonds is 5. The summed E-state index contributed by atoms with van der Waals surface area (Å²) in [5, 5.41) is 3.94. The number of piperazine rings is 1. The van der Waals surface area contributed by atoms with Gasteiger partial charge in [0.1, 0.15) is 11.6 Å². The predicted molar refractivity (Wildman–Crippen MR) is 95.4 cm³/mol.